The van der Waals surface area contributed by atoms with Crippen LogP contribution in [0.15, 0.2) is 24.7 Å². The average molecular weight is 371 g/mol. The molecule has 0 aliphatic rings. The maximum atomic E-state index is 14.3. The van der Waals surface area contributed by atoms with Gasteiger partial charge < -0.3 is 4.57 Å². The van der Waals surface area contributed by atoms with Crippen LogP contribution in [0.1, 0.15) is 0 Å². The van der Waals surface area contributed by atoms with Crippen molar-refractivity contribution in [2.24, 2.45) is 0 Å². The van der Waals surface area contributed by atoms with E-state index in [1.807, 2.05) is 0 Å². The lowest BCUT2D eigenvalue weighted by molar-refractivity contribution is 0.587. The predicted octanol–water partition coefficient (Wildman–Crippen LogP) is 3.78. The molecule has 0 unspecified atom stereocenters. The van der Waals surface area contributed by atoms with E-state index in [1.165, 1.54) is 24.7 Å². The van der Waals surface area contributed by atoms with Crippen LogP contribution in [0.3, 0.4) is 0 Å². The van der Waals surface area contributed by atoms with E-state index in [-0.39, 0.29) is 26.8 Å². The van der Waals surface area contributed by atoms with Crippen LogP contribution >= 0.6 is 30.3 Å². The normalized spacial score (nSPS) is 11.9. The number of halogens is 3. The highest BCUT2D eigenvalue weighted by atomic mass is 35.5. The fraction of sp³-hybridized carbons (Fsp3) is 0.143. The van der Waals surface area contributed by atoms with Crippen LogP contribution in [0.2, 0.25) is 10.0 Å². The third-order valence-electron chi connectivity index (χ3n) is 3.08. The van der Waals surface area contributed by atoms with Crippen molar-refractivity contribution in [3.8, 4) is 11.3 Å². The van der Waals surface area contributed by atoms with Gasteiger partial charge in [-0.3, -0.25) is 4.98 Å². The van der Waals surface area contributed by atoms with Gasteiger partial charge in [-0.1, -0.05) is 23.2 Å². The summed E-state index contributed by atoms with van der Waals surface area (Å²) < 4.78 is 26.2. The fourth-order valence-corrected chi connectivity index (χ4v) is 2.96. The second kappa shape index (κ2) is 5.78. The standard InChI is InChI=1S/C14H10Cl2FN4OP/c1-23(2,22)14-19-4-7(5-20-14)12-9(17)3-10-13(21-12)11(16)8(15)6-18-10/h3-6H,1-2H3. The number of hydrogen-bond donors (Lipinski definition) is 0. The largest absolute Gasteiger partial charge is 0.316 e. The van der Waals surface area contributed by atoms with Crippen LogP contribution in [0.5, 0.6) is 0 Å². The summed E-state index contributed by atoms with van der Waals surface area (Å²) in [6, 6.07) is 1.22. The lowest BCUT2D eigenvalue weighted by atomic mass is 10.2. The van der Waals surface area contributed by atoms with E-state index in [4.69, 9.17) is 23.2 Å². The van der Waals surface area contributed by atoms with E-state index in [9.17, 15) is 8.96 Å². The molecule has 0 fully saturated rings. The average Bonchev–Trinajstić information content (AvgIpc) is 2.50. The molecule has 0 saturated carbocycles. The van der Waals surface area contributed by atoms with Crippen molar-refractivity contribution in [3.63, 3.8) is 0 Å². The van der Waals surface area contributed by atoms with Crippen LogP contribution < -0.4 is 5.57 Å². The van der Waals surface area contributed by atoms with Crippen molar-refractivity contribution in [1.29, 1.82) is 0 Å². The lowest BCUT2D eigenvalue weighted by Gasteiger charge is -2.08. The van der Waals surface area contributed by atoms with Gasteiger partial charge in [0.2, 0.25) is 0 Å². The zero-order chi connectivity index (χ0) is 16.8. The number of fused-ring (bicyclic) bond motifs is 1. The summed E-state index contributed by atoms with van der Waals surface area (Å²) in [7, 11) is -2.58. The molecule has 0 atom stereocenters. The van der Waals surface area contributed by atoms with E-state index in [2.05, 4.69) is 19.9 Å². The monoisotopic (exact) mass is 370 g/mol. The molecule has 3 aromatic heterocycles. The summed E-state index contributed by atoms with van der Waals surface area (Å²) >= 11 is 12.0. The van der Waals surface area contributed by atoms with Gasteiger partial charge in [0, 0.05) is 30.2 Å². The Labute approximate surface area is 141 Å². The summed E-state index contributed by atoms with van der Waals surface area (Å²) in [5.74, 6) is -0.587. The first-order valence-corrected chi connectivity index (χ1v) is 9.81. The van der Waals surface area contributed by atoms with E-state index in [1.54, 1.807) is 13.3 Å². The Hall–Kier alpha value is -1.62. The molecule has 9 heteroatoms. The van der Waals surface area contributed by atoms with E-state index >= 15 is 0 Å². The van der Waals surface area contributed by atoms with Crippen LogP contribution in [-0.2, 0) is 4.57 Å². The Morgan fingerprint density at radius 1 is 1.09 bits per heavy atom. The Morgan fingerprint density at radius 3 is 2.35 bits per heavy atom. The van der Waals surface area contributed by atoms with E-state index < -0.39 is 13.0 Å². The molecule has 0 aromatic carbocycles. The fourth-order valence-electron chi connectivity index (χ4n) is 1.96. The quantitative estimate of drug-likeness (QED) is 0.642. The number of hydrogen-bond acceptors (Lipinski definition) is 5. The Bertz CT molecular complexity index is 959. The Balaban J connectivity index is 2.18. The van der Waals surface area contributed by atoms with Crippen molar-refractivity contribution >= 4 is 46.9 Å². The van der Waals surface area contributed by atoms with Gasteiger partial charge in [-0.2, -0.15) is 0 Å². The summed E-state index contributed by atoms with van der Waals surface area (Å²) in [4.78, 5) is 16.3. The van der Waals surface area contributed by atoms with Crippen molar-refractivity contribution < 1.29 is 8.96 Å². The lowest BCUT2D eigenvalue weighted by Crippen LogP contribution is -2.12. The summed E-state index contributed by atoms with van der Waals surface area (Å²) in [5.41, 5.74) is 1.18. The maximum Gasteiger partial charge on any atom is 0.188 e. The molecule has 3 rings (SSSR count). The molecule has 0 amide bonds. The first-order valence-electron chi connectivity index (χ1n) is 6.45. The summed E-state index contributed by atoms with van der Waals surface area (Å²) in [6.45, 7) is 3.12. The van der Waals surface area contributed by atoms with Crippen molar-refractivity contribution in [1.82, 2.24) is 19.9 Å². The molecule has 3 heterocycles. The second-order valence-corrected chi connectivity index (χ2v) is 9.12. The van der Waals surface area contributed by atoms with Gasteiger partial charge in [0.25, 0.3) is 0 Å². The number of rotatable bonds is 2. The number of pyridine rings is 2. The van der Waals surface area contributed by atoms with E-state index in [0.29, 0.717) is 11.1 Å². The van der Waals surface area contributed by atoms with Crippen molar-refractivity contribution in [2.75, 3.05) is 13.3 Å². The SMILES string of the molecule is CP(C)(=O)c1ncc(-c2nc3c(Cl)c(Cl)cnc3cc2F)cn1. The maximum absolute atomic E-state index is 14.3. The minimum atomic E-state index is -2.58. The first kappa shape index (κ1) is 16.2. The van der Waals surface area contributed by atoms with E-state index in [0.717, 1.165) is 0 Å². The van der Waals surface area contributed by atoms with Gasteiger partial charge in [0.1, 0.15) is 18.4 Å². The van der Waals surface area contributed by atoms with Gasteiger partial charge in [0.15, 0.2) is 11.4 Å². The van der Waals surface area contributed by atoms with Gasteiger partial charge in [-0.15, -0.1) is 0 Å². The summed E-state index contributed by atoms with van der Waals surface area (Å²) in [6.07, 6.45) is 4.10. The smallest absolute Gasteiger partial charge is 0.188 e. The van der Waals surface area contributed by atoms with Crippen molar-refractivity contribution in [2.45, 2.75) is 0 Å². The third kappa shape index (κ3) is 3.07. The molecule has 118 valence electrons. The highest BCUT2D eigenvalue weighted by Gasteiger charge is 2.17. The first-order chi connectivity index (χ1) is 10.8. The molecule has 0 N–H and O–H groups in total. The number of aromatic nitrogens is 4. The molecular weight excluding hydrogens is 361 g/mol. The van der Waals surface area contributed by atoms with Crippen LogP contribution in [0, 0.1) is 5.82 Å². The van der Waals surface area contributed by atoms with Crippen LogP contribution in [0.4, 0.5) is 4.39 Å². The molecule has 0 aliphatic heterocycles. The predicted molar refractivity (Wildman–Crippen MR) is 89.6 cm³/mol. The molecule has 0 bridgehead atoms. The molecule has 0 saturated heterocycles. The zero-order valence-corrected chi connectivity index (χ0v) is 14.5. The number of nitrogens with zero attached hydrogens (tertiary/aromatic N) is 4. The zero-order valence-electron chi connectivity index (χ0n) is 12.1. The molecule has 3 aromatic rings. The van der Waals surface area contributed by atoms with Gasteiger partial charge in [-0.05, 0) is 13.3 Å². The third-order valence-corrected chi connectivity index (χ3v) is 5.04. The Morgan fingerprint density at radius 2 is 1.74 bits per heavy atom. The van der Waals surface area contributed by atoms with Gasteiger partial charge in [0.05, 0.1) is 15.6 Å². The molecule has 23 heavy (non-hydrogen) atoms. The highest BCUT2D eigenvalue weighted by Crippen LogP contribution is 2.33. The molecule has 0 aliphatic carbocycles. The van der Waals surface area contributed by atoms with Gasteiger partial charge >= 0.3 is 0 Å². The second-order valence-electron chi connectivity index (χ2n) is 5.23. The summed E-state index contributed by atoms with van der Waals surface area (Å²) in [5, 5.41) is 0.427. The molecule has 5 nitrogen and oxygen atoms in total. The molecule has 0 spiro atoms. The topological polar surface area (TPSA) is 68.6 Å². The van der Waals surface area contributed by atoms with Gasteiger partial charge in [-0.25, -0.2) is 19.3 Å². The minimum absolute atomic E-state index is 0.0251. The minimum Gasteiger partial charge on any atom is -0.316 e. The molecular formula is C14H10Cl2FN4OP. The van der Waals surface area contributed by atoms with Crippen LogP contribution in [-0.4, -0.2) is 33.3 Å². The van der Waals surface area contributed by atoms with Crippen LogP contribution in [0.25, 0.3) is 22.3 Å². The Kier molecular flexibility index (Phi) is 4.08. The molecule has 0 radical (unpaired) electrons. The highest BCUT2D eigenvalue weighted by molar-refractivity contribution is 7.69. The van der Waals surface area contributed by atoms with Crippen molar-refractivity contribution in [3.05, 3.63) is 40.5 Å².